The number of ether oxygens (including phenoxy) is 1. The van der Waals surface area contributed by atoms with Crippen molar-refractivity contribution in [2.45, 2.75) is 89.4 Å². The van der Waals surface area contributed by atoms with Crippen molar-refractivity contribution < 1.29 is 24.2 Å². The van der Waals surface area contributed by atoms with E-state index in [1.807, 2.05) is 13.8 Å². The summed E-state index contributed by atoms with van der Waals surface area (Å²) in [6.07, 6.45) is 9.35. The molecule has 5 atom stereocenters. The third kappa shape index (κ3) is 5.11. The average Bonchev–Trinajstić information content (AvgIpc) is 3.49. The fourth-order valence-electron chi connectivity index (χ4n) is 6.94. The van der Waals surface area contributed by atoms with Gasteiger partial charge in [0.1, 0.15) is 11.6 Å². The molecule has 0 aromatic heterocycles. The molecule has 208 valence electrons. The van der Waals surface area contributed by atoms with Gasteiger partial charge < -0.3 is 24.5 Å². The Morgan fingerprint density at radius 2 is 1.70 bits per heavy atom. The maximum absolute atomic E-state index is 14.2. The Bertz CT molecular complexity index is 862. The topological polar surface area (TPSA) is 90.4 Å². The first-order valence-corrected chi connectivity index (χ1v) is 14.2. The summed E-state index contributed by atoms with van der Waals surface area (Å²) in [5.74, 6) is -1.74. The van der Waals surface area contributed by atoms with Crippen LogP contribution < -0.4 is 0 Å². The lowest BCUT2D eigenvalue weighted by atomic mass is 9.64. The third-order valence-electron chi connectivity index (χ3n) is 8.59. The lowest BCUT2D eigenvalue weighted by molar-refractivity contribution is -0.155. The van der Waals surface area contributed by atoms with E-state index in [1.165, 1.54) is 0 Å². The van der Waals surface area contributed by atoms with Gasteiger partial charge in [0.25, 0.3) is 0 Å². The highest BCUT2D eigenvalue weighted by Gasteiger charge is 2.78. The molecular formula is C29H47N3O5. The first-order valence-electron chi connectivity index (χ1n) is 14.2. The highest BCUT2D eigenvalue weighted by molar-refractivity contribution is 5.99. The van der Waals surface area contributed by atoms with E-state index in [9.17, 15) is 19.5 Å². The standard InChI is InChI=1S/C29H47N3O5/c1-6-11-12-19-31(18-9-4)27(36)24-29-15-14-28(10-5,37-29)22(25(34)30(16-7-2)17-8-3)23(29)26(35)32(24)20-13-21-33/h7,9,22-24,33H,2,4,6,8,10-21H2,1,3,5H3/t22-,23-,24?,28+,29?/m0/s1. The van der Waals surface area contributed by atoms with Gasteiger partial charge in [-0.05, 0) is 38.5 Å². The Morgan fingerprint density at radius 1 is 1.03 bits per heavy atom. The van der Waals surface area contributed by atoms with Crippen LogP contribution in [0.2, 0.25) is 0 Å². The summed E-state index contributed by atoms with van der Waals surface area (Å²) in [5.41, 5.74) is -1.78. The monoisotopic (exact) mass is 517 g/mol. The number of hydrogen-bond acceptors (Lipinski definition) is 5. The summed E-state index contributed by atoms with van der Waals surface area (Å²) in [4.78, 5) is 47.6. The fourth-order valence-corrected chi connectivity index (χ4v) is 6.94. The largest absolute Gasteiger partial charge is 0.396 e. The quantitative estimate of drug-likeness (QED) is 0.251. The number of carbonyl (C=O) groups is 3. The number of hydrogen-bond donors (Lipinski definition) is 1. The van der Waals surface area contributed by atoms with Crippen LogP contribution in [0.1, 0.15) is 72.1 Å². The molecular weight excluding hydrogens is 470 g/mol. The number of fused-ring (bicyclic) bond motifs is 1. The normalized spacial score (nSPS) is 29.9. The maximum Gasteiger partial charge on any atom is 0.248 e. The summed E-state index contributed by atoms with van der Waals surface area (Å²) in [6.45, 7) is 16.0. The van der Waals surface area contributed by atoms with Crippen LogP contribution in [-0.4, -0.2) is 94.1 Å². The first kappa shape index (κ1) is 29.4. The van der Waals surface area contributed by atoms with Crippen molar-refractivity contribution in [2.24, 2.45) is 11.8 Å². The first-order chi connectivity index (χ1) is 17.8. The third-order valence-corrected chi connectivity index (χ3v) is 8.59. The Labute approximate surface area is 222 Å². The number of carbonyl (C=O) groups excluding carboxylic acids is 3. The summed E-state index contributed by atoms with van der Waals surface area (Å²) >= 11 is 0. The molecule has 8 nitrogen and oxygen atoms in total. The van der Waals surface area contributed by atoms with Gasteiger partial charge in [-0.1, -0.05) is 45.8 Å². The van der Waals surface area contributed by atoms with Gasteiger partial charge in [0, 0.05) is 39.3 Å². The number of aliphatic hydroxyl groups excluding tert-OH is 1. The highest BCUT2D eigenvalue weighted by Crippen LogP contribution is 2.64. The van der Waals surface area contributed by atoms with Crippen LogP contribution in [0, 0.1) is 11.8 Å². The van der Waals surface area contributed by atoms with Crippen molar-refractivity contribution in [2.75, 3.05) is 39.3 Å². The molecule has 8 heteroatoms. The van der Waals surface area contributed by atoms with Crippen LogP contribution in [0.25, 0.3) is 0 Å². The fraction of sp³-hybridized carbons (Fsp3) is 0.759. The molecule has 1 spiro atoms. The second kappa shape index (κ2) is 12.6. The lowest BCUT2D eigenvalue weighted by Crippen LogP contribution is -2.56. The van der Waals surface area contributed by atoms with Gasteiger partial charge in [-0.2, -0.15) is 0 Å². The molecule has 0 aromatic carbocycles. The van der Waals surface area contributed by atoms with Gasteiger partial charge in [0.2, 0.25) is 17.7 Å². The van der Waals surface area contributed by atoms with E-state index in [0.29, 0.717) is 51.9 Å². The minimum absolute atomic E-state index is 0.0791. The molecule has 3 amide bonds. The van der Waals surface area contributed by atoms with Gasteiger partial charge in [-0.25, -0.2) is 0 Å². The number of amides is 3. The summed E-state index contributed by atoms with van der Waals surface area (Å²) in [7, 11) is 0. The molecule has 3 rings (SSSR count). The van der Waals surface area contributed by atoms with Crippen molar-refractivity contribution in [1.29, 1.82) is 0 Å². The van der Waals surface area contributed by atoms with E-state index in [0.717, 1.165) is 25.7 Å². The molecule has 0 aromatic rings. The molecule has 0 aliphatic carbocycles. The SMILES string of the molecule is C=CCN(CCCCC)C(=O)C1N(CCCO)C(=O)[C@@H]2[C@@H](C(=O)N(CC=C)CCC)[C@@]3(CC)CCC12O3. The van der Waals surface area contributed by atoms with Crippen molar-refractivity contribution in [3.63, 3.8) is 0 Å². The molecule has 3 fully saturated rings. The molecule has 1 N–H and O–H groups in total. The van der Waals surface area contributed by atoms with Crippen LogP contribution in [-0.2, 0) is 19.1 Å². The maximum atomic E-state index is 14.2. The number of likely N-dealkylation sites (tertiary alicyclic amines) is 1. The molecule has 3 heterocycles. The molecule has 3 saturated heterocycles. The van der Waals surface area contributed by atoms with Crippen LogP contribution in [0.5, 0.6) is 0 Å². The lowest BCUT2D eigenvalue weighted by Gasteiger charge is -2.37. The summed E-state index contributed by atoms with van der Waals surface area (Å²) in [6, 6.07) is -0.802. The molecule has 0 saturated carbocycles. The number of rotatable bonds is 16. The van der Waals surface area contributed by atoms with Gasteiger partial charge in [0.15, 0.2) is 0 Å². The number of unbranched alkanes of at least 4 members (excludes halogenated alkanes) is 2. The van der Waals surface area contributed by atoms with E-state index in [1.54, 1.807) is 26.9 Å². The highest BCUT2D eigenvalue weighted by atomic mass is 16.5. The van der Waals surface area contributed by atoms with Crippen molar-refractivity contribution in [3.05, 3.63) is 25.3 Å². The predicted octanol–water partition coefficient (Wildman–Crippen LogP) is 3.15. The molecule has 3 aliphatic heterocycles. The Morgan fingerprint density at radius 3 is 2.27 bits per heavy atom. The second-order valence-corrected chi connectivity index (χ2v) is 10.8. The zero-order chi connectivity index (χ0) is 27.2. The van der Waals surface area contributed by atoms with Crippen LogP contribution in [0.3, 0.4) is 0 Å². The Kier molecular flexibility index (Phi) is 9.98. The van der Waals surface area contributed by atoms with Crippen LogP contribution in [0.15, 0.2) is 25.3 Å². The van der Waals surface area contributed by atoms with Crippen LogP contribution >= 0.6 is 0 Å². The van der Waals surface area contributed by atoms with Crippen molar-refractivity contribution >= 4 is 17.7 Å². The zero-order valence-corrected chi connectivity index (χ0v) is 23.1. The summed E-state index contributed by atoms with van der Waals surface area (Å²) < 4.78 is 6.86. The summed E-state index contributed by atoms with van der Waals surface area (Å²) in [5, 5.41) is 9.57. The zero-order valence-electron chi connectivity index (χ0n) is 23.1. The number of aliphatic hydroxyl groups is 1. The molecule has 3 aliphatic rings. The predicted molar refractivity (Wildman–Crippen MR) is 144 cm³/mol. The molecule has 2 unspecified atom stereocenters. The van der Waals surface area contributed by atoms with E-state index < -0.39 is 29.1 Å². The minimum Gasteiger partial charge on any atom is -0.396 e. The van der Waals surface area contributed by atoms with Crippen molar-refractivity contribution in [1.82, 2.24) is 14.7 Å². The van der Waals surface area contributed by atoms with E-state index in [2.05, 4.69) is 20.1 Å². The smallest absolute Gasteiger partial charge is 0.248 e. The van der Waals surface area contributed by atoms with Gasteiger partial charge in [-0.3, -0.25) is 14.4 Å². The van der Waals surface area contributed by atoms with E-state index in [4.69, 9.17) is 4.74 Å². The average molecular weight is 518 g/mol. The molecule has 0 radical (unpaired) electrons. The Balaban J connectivity index is 2.06. The van der Waals surface area contributed by atoms with Gasteiger partial charge in [-0.15, -0.1) is 13.2 Å². The van der Waals surface area contributed by atoms with E-state index >= 15 is 0 Å². The Hall–Kier alpha value is -2.19. The van der Waals surface area contributed by atoms with Gasteiger partial charge >= 0.3 is 0 Å². The number of nitrogens with zero attached hydrogens (tertiary/aromatic N) is 3. The van der Waals surface area contributed by atoms with Crippen LogP contribution in [0.4, 0.5) is 0 Å². The second-order valence-electron chi connectivity index (χ2n) is 10.8. The van der Waals surface area contributed by atoms with E-state index in [-0.39, 0.29) is 30.9 Å². The van der Waals surface area contributed by atoms with Gasteiger partial charge in [0.05, 0.1) is 17.4 Å². The van der Waals surface area contributed by atoms with Crippen molar-refractivity contribution in [3.8, 4) is 0 Å². The molecule has 37 heavy (non-hydrogen) atoms. The molecule has 2 bridgehead atoms. The minimum atomic E-state index is -1.03.